The van der Waals surface area contributed by atoms with E-state index >= 15 is 0 Å². The summed E-state index contributed by atoms with van der Waals surface area (Å²) in [6, 6.07) is 27.0. The number of aromatic nitrogens is 3. The molecule has 0 saturated carbocycles. The molecule has 1 aliphatic rings. The fraction of sp³-hybridized carbons (Fsp3) is 0.160. The van der Waals surface area contributed by atoms with Crippen molar-refractivity contribution in [3.8, 4) is 11.4 Å². The summed E-state index contributed by atoms with van der Waals surface area (Å²) in [4.78, 5) is 16.5. The maximum atomic E-state index is 4.95. The fourth-order valence-electron chi connectivity index (χ4n) is 3.96. The van der Waals surface area contributed by atoms with Gasteiger partial charge in [-0.1, -0.05) is 54.6 Å². The third kappa shape index (κ3) is 3.62. The molecule has 0 fully saturated rings. The second-order valence-electron chi connectivity index (χ2n) is 7.53. The lowest BCUT2D eigenvalue weighted by Crippen LogP contribution is -2.25. The van der Waals surface area contributed by atoms with Crippen LogP contribution in [0, 0.1) is 0 Å². The molecular weight excluding hydrogens is 370 g/mol. The molecule has 0 spiro atoms. The van der Waals surface area contributed by atoms with Crippen molar-refractivity contribution in [3.05, 3.63) is 96.3 Å². The van der Waals surface area contributed by atoms with Gasteiger partial charge in [-0.3, -0.25) is 4.98 Å². The fourth-order valence-corrected chi connectivity index (χ4v) is 3.96. The molecule has 2 aromatic carbocycles. The average molecular weight is 393 g/mol. The first kappa shape index (κ1) is 18.3. The van der Waals surface area contributed by atoms with Gasteiger partial charge in [-0.25, -0.2) is 9.97 Å². The molecule has 3 heterocycles. The van der Waals surface area contributed by atoms with Crippen molar-refractivity contribution in [2.75, 3.05) is 10.2 Å². The van der Waals surface area contributed by atoms with Gasteiger partial charge in [0.05, 0.1) is 12.2 Å². The van der Waals surface area contributed by atoms with Gasteiger partial charge in [0, 0.05) is 29.6 Å². The van der Waals surface area contributed by atoms with Crippen LogP contribution in [0.5, 0.6) is 0 Å². The molecule has 1 aliphatic heterocycles. The number of hydrogen-bond acceptors (Lipinski definition) is 5. The highest BCUT2D eigenvalue weighted by Crippen LogP contribution is 2.38. The maximum Gasteiger partial charge on any atom is 0.163 e. The lowest BCUT2D eigenvalue weighted by Gasteiger charge is -2.25. The van der Waals surface area contributed by atoms with E-state index in [0.717, 1.165) is 29.3 Å². The monoisotopic (exact) mass is 393 g/mol. The summed E-state index contributed by atoms with van der Waals surface area (Å²) in [6.07, 6.45) is 2.82. The molecule has 1 N–H and O–H groups in total. The zero-order valence-corrected chi connectivity index (χ0v) is 16.9. The highest BCUT2D eigenvalue weighted by atomic mass is 15.2. The first-order valence-electron chi connectivity index (χ1n) is 10.2. The van der Waals surface area contributed by atoms with Gasteiger partial charge in [0.15, 0.2) is 5.82 Å². The van der Waals surface area contributed by atoms with E-state index in [-0.39, 0.29) is 0 Å². The van der Waals surface area contributed by atoms with Gasteiger partial charge in [0.25, 0.3) is 0 Å². The summed E-state index contributed by atoms with van der Waals surface area (Å²) < 4.78 is 0. The van der Waals surface area contributed by atoms with Crippen molar-refractivity contribution >= 4 is 17.3 Å². The molecule has 5 nitrogen and oxygen atoms in total. The Morgan fingerprint density at radius 2 is 1.73 bits per heavy atom. The Bertz CT molecular complexity index is 1140. The summed E-state index contributed by atoms with van der Waals surface area (Å²) in [5.41, 5.74) is 4.55. The summed E-state index contributed by atoms with van der Waals surface area (Å²) in [7, 11) is 0. The Morgan fingerprint density at radius 1 is 0.933 bits per heavy atom. The Labute approximate surface area is 176 Å². The van der Waals surface area contributed by atoms with Crippen LogP contribution in [0.2, 0.25) is 0 Å². The summed E-state index contributed by atoms with van der Waals surface area (Å²) in [5.74, 6) is 2.42. The van der Waals surface area contributed by atoms with Crippen molar-refractivity contribution in [1.82, 2.24) is 15.0 Å². The zero-order chi connectivity index (χ0) is 20.3. The quantitative estimate of drug-likeness (QED) is 0.503. The standard InChI is InChI=1S/C25H23N5/c1-18-15-20-11-5-6-13-22(20)30(18)24-16-23(27-17-21-12-7-8-14-26-21)28-25(29-24)19-9-3-2-4-10-19/h2-14,16,18H,15,17H2,1H3,(H,27,28,29). The normalized spacial score (nSPS) is 15.1. The topological polar surface area (TPSA) is 53.9 Å². The third-order valence-electron chi connectivity index (χ3n) is 5.38. The zero-order valence-electron chi connectivity index (χ0n) is 16.9. The molecule has 5 heteroatoms. The molecule has 5 rings (SSSR count). The van der Waals surface area contributed by atoms with Crippen LogP contribution in [0.25, 0.3) is 11.4 Å². The summed E-state index contributed by atoms with van der Waals surface area (Å²) >= 11 is 0. The highest BCUT2D eigenvalue weighted by molar-refractivity contribution is 5.72. The minimum absolute atomic E-state index is 0.338. The Morgan fingerprint density at radius 3 is 2.57 bits per heavy atom. The number of fused-ring (bicyclic) bond motifs is 1. The van der Waals surface area contributed by atoms with E-state index in [1.807, 2.05) is 54.6 Å². The minimum atomic E-state index is 0.338. The van der Waals surface area contributed by atoms with Crippen LogP contribution < -0.4 is 10.2 Å². The van der Waals surface area contributed by atoms with E-state index in [4.69, 9.17) is 9.97 Å². The van der Waals surface area contributed by atoms with Gasteiger partial charge in [0.1, 0.15) is 11.6 Å². The van der Waals surface area contributed by atoms with Gasteiger partial charge < -0.3 is 10.2 Å². The van der Waals surface area contributed by atoms with Crippen LogP contribution in [0.3, 0.4) is 0 Å². The largest absolute Gasteiger partial charge is 0.364 e. The Hall–Kier alpha value is -3.73. The Kier molecular flexibility index (Phi) is 4.85. The molecule has 2 aromatic heterocycles. The van der Waals surface area contributed by atoms with Gasteiger partial charge in [-0.05, 0) is 37.1 Å². The van der Waals surface area contributed by atoms with Crippen molar-refractivity contribution in [2.45, 2.75) is 25.9 Å². The van der Waals surface area contributed by atoms with Gasteiger partial charge in [-0.15, -0.1) is 0 Å². The third-order valence-corrected chi connectivity index (χ3v) is 5.38. The van der Waals surface area contributed by atoms with E-state index < -0.39 is 0 Å². The van der Waals surface area contributed by atoms with E-state index in [1.54, 1.807) is 6.20 Å². The summed E-state index contributed by atoms with van der Waals surface area (Å²) in [6.45, 7) is 2.85. The minimum Gasteiger partial charge on any atom is -0.364 e. The molecule has 0 amide bonds. The van der Waals surface area contributed by atoms with Crippen LogP contribution in [0.15, 0.2) is 85.1 Å². The smallest absolute Gasteiger partial charge is 0.163 e. The second kappa shape index (κ2) is 7.95. The molecule has 0 aliphatic carbocycles. The predicted octanol–water partition coefficient (Wildman–Crippen LogP) is 5.23. The second-order valence-corrected chi connectivity index (χ2v) is 7.53. The first-order chi connectivity index (χ1) is 14.8. The van der Waals surface area contributed by atoms with Crippen LogP contribution in [-0.2, 0) is 13.0 Å². The SMILES string of the molecule is CC1Cc2ccccc2N1c1cc(NCc2ccccn2)nc(-c2ccccc2)n1. The molecular formula is C25H23N5. The van der Waals surface area contributed by atoms with Crippen LogP contribution in [-0.4, -0.2) is 21.0 Å². The van der Waals surface area contributed by atoms with Crippen LogP contribution >= 0.6 is 0 Å². The van der Waals surface area contributed by atoms with Gasteiger partial charge in [0.2, 0.25) is 0 Å². The number of hydrogen-bond donors (Lipinski definition) is 1. The molecule has 30 heavy (non-hydrogen) atoms. The number of anilines is 3. The Balaban J connectivity index is 1.55. The van der Waals surface area contributed by atoms with Crippen LogP contribution in [0.4, 0.5) is 17.3 Å². The number of benzene rings is 2. The lowest BCUT2D eigenvalue weighted by molar-refractivity contribution is 0.749. The molecule has 1 atom stereocenters. The van der Waals surface area contributed by atoms with Crippen molar-refractivity contribution in [1.29, 1.82) is 0 Å². The van der Waals surface area contributed by atoms with E-state index in [9.17, 15) is 0 Å². The molecule has 0 radical (unpaired) electrons. The predicted molar refractivity (Wildman–Crippen MR) is 121 cm³/mol. The number of nitrogens with one attached hydrogen (secondary N) is 1. The maximum absolute atomic E-state index is 4.95. The molecule has 0 saturated heterocycles. The number of nitrogens with zero attached hydrogens (tertiary/aromatic N) is 4. The van der Waals surface area contributed by atoms with Crippen LogP contribution in [0.1, 0.15) is 18.2 Å². The van der Waals surface area contributed by atoms with Gasteiger partial charge in [-0.2, -0.15) is 0 Å². The first-order valence-corrected chi connectivity index (χ1v) is 10.2. The van der Waals surface area contributed by atoms with Crippen molar-refractivity contribution in [3.63, 3.8) is 0 Å². The molecule has 4 aromatic rings. The number of rotatable bonds is 5. The molecule has 148 valence electrons. The molecule has 0 bridgehead atoms. The van der Waals surface area contributed by atoms with E-state index in [1.165, 1.54) is 11.3 Å². The number of para-hydroxylation sites is 1. The van der Waals surface area contributed by atoms with E-state index in [2.05, 4.69) is 46.4 Å². The number of pyridine rings is 1. The highest BCUT2D eigenvalue weighted by Gasteiger charge is 2.28. The average Bonchev–Trinajstić information content (AvgIpc) is 3.14. The molecule has 1 unspecified atom stereocenters. The van der Waals surface area contributed by atoms with Crippen molar-refractivity contribution in [2.24, 2.45) is 0 Å². The van der Waals surface area contributed by atoms with Crippen molar-refractivity contribution < 1.29 is 0 Å². The van der Waals surface area contributed by atoms with Gasteiger partial charge >= 0.3 is 0 Å². The summed E-state index contributed by atoms with van der Waals surface area (Å²) in [5, 5.41) is 3.43. The lowest BCUT2D eigenvalue weighted by atomic mass is 10.1. The van der Waals surface area contributed by atoms with E-state index in [0.29, 0.717) is 18.4 Å².